The molecule has 0 saturated heterocycles. The van der Waals surface area contributed by atoms with Crippen molar-refractivity contribution >= 4 is 60.7 Å². The molecule has 1 heterocycles. The van der Waals surface area contributed by atoms with Crippen LogP contribution in [-0.4, -0.2) is 0 Å². The maximum atomic E-state index is 5.90. The third-order valence-corrected chi connectivity index (χ3v) is 4.17. The largest absolute Gasteiger partial charge is 0.451 e. The summed E-state index contributed by atoms with van der Waals surface area (Å²) < 4.78 is 7.00. The first-order valence-corrected chi connectivity index (χ1v) is 7.02. The normalized spacial score (nSPS) is 10.6. The molecule has 0 aliphatic rings. The van der Waals surface area contributed by atoms with Crippen molar-refractivity contribution in [2.45, 2.75) is 6.54 Å². The highest BCUT2D eigenvalue weighted by Crippen LogP contribution is 2.28. The molecule has 6 heteroatoms. The summed E-state index contributed by atoms with van der Waals surface area (Å²) in [5.74, 6) is 0.805. The fraction of sp³-hybridized carbons (Fsp3) is 0.0909. The quantitative estimate of drug-likeness (QED) is 0.713. The van der Waals surface area contributed by atoms with Crippen molar-refractivity contribution in [3.05, 3.63) is 49.2 Å². The number of hydrogen-bond donors (Lipinski definition) is 1. The second-order valence-corrected chi connectivity index (χ2v) is 5.79. The summed E-state index contributed by atoms with van der Waals surface area (Å²) in [6, 6.07) is 7.19. The van der Waals surface area contributed by atoms with E-state index in [4.69, 9.17) is 27.6 Å². The highest BCUT2D eigenvalue weighted by molar-refractivity contribution is 9.13. The zero-order valence-electron chi connectivity index (χ0n) is 8.44. The molecule has 17 heavy (non-hydrogen) atoms. The number of nitrogens with one attached hydrogen (secondary N) is 1. The Hall–Kier alpha value is -0.160. The van der Waals surface area contributed by atoms with E-state index in [-0.39, 0.29) is 0 Å². The SMILES string of the molecule is Clc1cc(Cl)cc(NCc2cc(Br)c(Br)o2)c1. The van der Waals surface area contributed by atoms with Gasteiger partial charge in [-0.1, -0.05) is 23.2 Å². The van der Waals surface area contributed by atoms with Crippen LogP contribution < -0.4 is 5.32 Å². The smallest absolute Gasteiger partial charge is 0.183 e. The lowest BCUT2D eigenvalue weighted by atomic mass is 10.3. The molecule has 0 amide bonds. The van der Waals surface area contributed by atoms with Crippen LogP contribution in [0.25, 0.3) is 0 Å². The summed E-state index contributed by atoms with van der Waals surface area (Å²) in [5, 5.41) is 4.38. The van der Waals surface area contributed by atoms with Crippen LogP contribution in [0.3, 0.4) is 0 Å². The first-order chi connectivity index (χ1) is 8.04. The Kier molecular flexibility index (Phi) is 4.42. The van der Waals surface area contributed by atoms with Gasteiger partial charge in [-0.15, -0.1) is 0 Å². The molecule has 0 atom stereocenters. The Morgan fingerprint density at radius 1 is 1.06 bits per heavy atom. The van der Waals surface area contributed by atoms with E-state index in [1.165, 1.54) is 0 Å². The molecule has 0 fully saturated rings. The molecule has 2 nitrogen and oxygen atoms in total. The number of halogens is 4. The molecule has 0 saturated carbocycles. The van der Waals surface area contributed by atoms with Crippen LogP contribution in [0.1, 0.15) is 5.76 Å². The summed E-state index contributed by atoms with van der Waals surface area (Å²) in [6.07, 6.45) is 0. The minimum atomic E-state index is 0.556. The standard InChI is InChI=1S/C11H7Br2Cl2NO/c12-10-4-9(17-11(10)13)5-16-8-2-6(14)1-7(15)3-8/h1-4,16H,5H2. The number of furan rings is 1. The van der Waals surface area contributed by atoms with Crippen LogP contribution in [0.15, 0.2) is 37.8 Å². The predicted molar refractivity (Wildman–Crippen MR) is 77.9 cm³/mol. The van der Waals surface area contributed by atoms with Gasteiger partial charge in [-0.2, -0.15) is 0 Å². The first kappa shape index (κ1) is 13.3. The van der Waals surface area contributed by atoms with Crippen molar-refractivity contribution < 1.29 is 4.42 Å². The average molecular weight is 400 g/mol. The second kappa shape index (κ2) is 5.65. The molecule has 0 unspecified atom stereocenters. The molecule has 0 radical (unpaired) electrons. The second-order valence-electron chi connectivity index (χ2n) is 3.35. The monoisotopic (exact) mass is 397 g/mol. The van der Waals surface area contributed by atoms with E-state index in [2.05, 4.69) is 37.2 Å². The number of benzene rings is 1. The highest BCUT2D eigenvalue weighted by atomic mass is 79.9. The fourth-order valence-electron chi connectivity index (χ4n) is 1.32. The number of anilines is 1. The van der Waals surface area contributed by atoms with Crippen molar-refractivity contribution in [2.24, 2.45) is 0 Å². The van der Waals surface area contributed by atoms with E-state index >= 15 is 0 Å². The molecule has 1 aromatic heterocycles. The van der Waals surface area contributed by atoms with Crippen molar-refractivity contribution in [1.29, 1.82) is 0 Å². The van der Waals surface area contributed by atoms with Crippen LogP contribution in [-0.2, 0) is 6.54 Å². The van der Waals surface area contributed by atoms with E-state index in [1.54, 1.807) is 18.2 Å². The van der Waals surface area contributed by atoms with Crippen LogP contribution >= 0.6 is 55.1 Å². The molecule has 0 aliphatic carbocycles. The highest BCUT2D eigenvalue weighted by Gasteiger charge is 2.06. The minimum absolute atomic E-state index is 0.556. The van der Waals surface area contributed by atoms with Gasteiger partial charge in [0.1, 0.15) is 5.76 Å². The zero-order chi connectivity index (χ0) is 12.4. The summed E-state index contributed by atoms with van der Waals surface area (Å²) in [6.45, 7) is 0.556. The average Bonchev–Trinajstić information content (AvgIpc) is 2.54. The van der Waals surface area contributed by atoms with E-state index in [0.717, 1.165) is 15.9 Å². The summed E-state index contributed by atoms with van der Waals surface area (Å²) in [5.41, 5.74) is 0.853. The Labute approximate surface area is 126 Å². The molecular formula is C11H7Br2Cl2NO. The van der Waals surface area contributed by atoms with Gasteiger partial charge in [-0.3, -0.25) is 0 Å². The lowest BCUT2D eigenvalue weighted by Crippen LogP contribution is -1.97. The summed E-state index contributed by atoms with van der Waals surface area (Å²) in [7, 11) is 0. The van der Waals surface area contributed by atoms with Crippen molar-refractivity contribution in [3.63, 3.8) is 0 Å². The molecule has 1 aromatic carbocycles. The molecule has 0 bridgehead atoms. The Morgan fingerprint density at radius 3 is 2.24 bits per heavy atom. The third-order valence-electron chi connectivity index (χ3n) is 2.03. The van der Waals surface area contributed by atoms with Crippen LogP contribution in [0, 0.1) is 0 Å². The van der Waals surface area contributed by atoms with Gasteiger partial charge in [0.05, 0.1) is 11.0 Å². The van der Waals surface area contributed by atoms with Gasteiger partial charge >= 0.3 is 0 Å². The van der Waals surface area contributed by atoms with Gasteiger partial charge in [-0.25, -0.2) is 0 Å². The first-order valence-electron chi connectivity index (χ1n) is 4.68. The maximum Gasteiger partial charge on any atom is 0.183 e. The van der Waals surface area contributed by atoms with Gasteiger partial charge < -0.3 is 9.73 Å². The van der Waals surface area contributed by atoms with Crippen LogP contribution in [0.2, 0.25) is 10.0 Å². The summed E-state index contributed by atoms with van der Waals surface area (Å²) >= 11 is 18.4. The van der Waals surface area contributed by atoms with Crippen molar-refractivity contribution in [1.82, 2.24) is 0 Å². The molecule has 2 rings (SSSR count). The molecule has 2 aromatic rings. The Balaban J connectivity index is 2.07. The lowest BCUT2D eigenvalue weighted by molar-refractivity contribution is 0.494. The van der Waals surface area contributed by atoms with Gasteiger partial charge in [0.15, 0.2) is 4.67 Å². The lowest BCUT2D eigenvalue weighted by Gasteiger charge is -2.05. The molecular weight excluding hydrogens is 393 g/mol. The maximum absolute atomic E-state index is 5.90. The molecule has 0 spiro atoms. The van der Waals surface area contributed by atoms with Crippen molar-refractivity contribution in [3.8, 4) is 0 Å². The number of rotatable bonds is 3. The van der Waals surface area contributed by atoms with E-state index in [0.29, 0.717) is 21.3 Å². The Morgan fingerprint density at radius 2 is 1.71 bits per heavy atom. The fourth-order valence-corrected chi connectivity index (χ4v) is 2.51. The predicted octanol–water partition coefficient (Wildman–Crippen LogP) is 5.72. The van der Waals surface area contributed by atoms with Gasteiger partial charge in [0.2, 0.25) is 0 Å². The summed E-state index contributed by atoms with van der Waals surface area (Å²) in [4.78, 5) is 0. The topological polar surface area (TPSA) is 25.2 Å². The van der Waals surface area contributed by atoms with Gasteiger partial charge in [-0.05, 0) is 56.1 Å². The van der Waals surface area contributed by atoms with Gasteiger partial charge in [0, 0.05) is 15.7 Å². The molecule has 1 N–H and O–H groups in total. The molecule has 0 aliphatic heterocycles. The van der Waals surface area contributed by atoms with Crippen molar-refractivity contribution in [2.75, 3.05) is 5.32 Å². The van der Waals surface area contributed by atoms with Gasteiger partial charge in [0.25, 0.3) is 0 Å². The van der Waals surface area contributed by atoms with Crippen LogP contribution in [0.4, 0.5) is 5.69 Å². The molecule has 90 valence electrons. The van der Waals surface area contributed by atoms with Crippen LogP contribution in [0.5, 0.6) is 0 Å². The van der Waals surface area contributed by atoms with E-state index in [1.807, 2.05) is 6.07 Å². The number of hydrogen-bond acceptors (Lipinski definition) is 2. The minimum Gasteiger partial charge on any atom is -0.451 e. The zero-order valence-corrected chi connectivity index (χ0v) is 13.1. The Bertz CT molecular complexity index is 503. The third kappa shape index (κ3) is 3.65. The van der Waals surface area contributed by atoms with E-state index < -0.39 is 0 Å². The van der Waals surface area contributed by atoms with E-state index in [9.17, 15) is 0 Å².